The lowest BCUT2D eigenvalue weighted by atomic mass is 9.95. The molecule has 1 unspecified atom stereocenters. The minimum Gasteiger partial charge on any atom is -0.460 e. The molecule has 1 saturated heterocycles. The lowest BCUT2D eigenvalue weighted by molar-refractivity contribution is -0.158. The third-order valence-electron chi connectivity index (χ3n) is 7.32. The fourth-order valence-corrected chi connectivity index (χ4v) is 4.61. The average Bonchev–Trinajstić information content (AvgIpc) is 2.89. The second-order valence-corrected chi connectivity index (χ2v) is 12.5. The lowest BCUT2D eigenvalue weighted by Crippen LogP contribution is -2.58. The summed E-state index contributed by atoms with van der Waals surface area (Å²) >= 11 is 0. The van der Waals surface area contributed by atoms with Crippen molar-refractivity contribution in [2.45, 2.75) is 125 Å². The first kappa shape index (κ1) is 36.8. The Labute approximate surface area is 250 Å². The highest BCUT2D eigenvalue weighted by Gasteiger charge is 2.34. The van der Waals surface area contributed by atoms with E-state index in [4.69, 9.17) is 4.74 Å². The van der Waals surface area contributed by atoms with Gasteiger partial charge < -0.3 is 31.3 Å². The fourth-order valence-electron chi connectivity index (χ4n) is 4.61. The van der Waals surface area contributed by atoms with E-state index in [-0.39, 0.29) is 36.6 Å². The molecule has 1 aliphatic rings. The summed E-state index contributed by atoms with van der Waals surface area (Å²) in [5, 5.41) is 13.3. The van der Waals surface area contributed by atoms with E-state index in [0.717, 1.165) is 12.8 Å². The van der Waals surface area contributed by atoms with E-state index in [9.17, 15) is 28.8 Å². The van der Waals surface area contributed by atoms with Crippen LogP contribution in [0.3, 0.4) is 0 Å². The van der Waals surface area contributed by atoms with Crippen molar-refractivity contribution in [3.05, 3.63) is 0 Å². The Morgan fingerprint density at radius 2 is 1.38 bits per heavy atom. The zero-order valence-corrected chi connectivity index (χ0v) is 26.8. The third-order valence-corrected chi connectivity index (χ3v) is 7.32. The van der Waals surface area contributed by atoms with Crippen LogP contribution >= 0.6 is 0 Å². The van der Waals surface area contributed by atoms with E-state index in [1.54, 1.807) is 27.7 Å². The third kappa shape index (κ3) is 12.4. The molecule has 0 aromatic rings. The van der Waals surface area contributed by atoms with Crippen molar-refractivity contribution in [2.75, 3.05) is 6.54 Å². The maximum atomic E-state index is 13.3. The summed E-state index contributed by atoms with van der Waals surface area (Å²) in [5.41, 5.74) is 0. The fraction of sp³-hybridized carbons (Fsp3) is 0.800. The van der Waals surface area contributed by atoms with Crippen LogP contribution in [-0.2, 0) is 33.5 Å². The van der Waals surface area contributed by atoms with Crippen LogP contribution in [0.25, 0.3) is 0 Å². The maximum Gasteiger partial charge on any atom is 0.329 e. The molecule has 1 aliphatic heterocycles. The predicted octanol–water partition coefficient (Wildman–Crippen LogP) is 1.56. The van der Waals surface area contributed by atoms with Crippen LogP contribution in [0.1, 0.15) is 94.4 Å². The van der Waals surface area contributed by atoms with Crippen LogP contribution in [0.15, 0.2) is 0 Å². The van der Waals surface area contributed by atoms with Gasteiger partial charge in [0, 0.05) is 0 Å². The number of nitrogens with one attached hydrogen (secondary N) is 5. The highest BCUT2D eigenvalue weighted by molar-refractivity contribution is 5.95. The van der Waals surface area contributed by atoms with E-state index in [1.807, 2.05) is 27.7 Å². The minimum absolute atomic E-state index is 0.0295. The molecule has 1 rings (SSSR count). The molecule has 0 aromatic heterocycles. The summed E-state index contributed by atoms with van der Waals surface area (Å²) in [6, 6.07) is -3.98. The van der Waals surface area contributed by atoms with Gasteiger partial charge in [-0.2, -0.15) is 0 Å². The number of ether oxygens (including phenoxy) is 1. The van der Waals surface area contributed by atoms with Gasteiger partial charge in [-0.3, -0.25) is 24.0 Å². The van der Waals surface area contributed by atoms with Gasteiger partial charge in [-0.1, -0.05) is 68.2 Å². The molecule has 0 aliphatic carbocycles. The number of esters is 1. The largest absolute Gasteiger partial charge is 0.460 e. The summed E-state index contributed by atoms with van der Waals surface area (Å²) in [4.78, 5) is 78.4. The Morgan fingerprint density at radius 3 is 1.93 bits per heavy atom. The molecule has 0 aromatic carbocycles. The highest BCUT2D eigenvalue weighted by Crippen LogP contribution is 2.20. The van der Waals surface area contributed by atoms with Crippen LogP contribution in [0.5, 0.6) is 0 Å². The topological polar surface area (TPSA) is 172 Å². The summed E-state index contributed by atoms with van der Waals surface area (Å²) in [6.07, 6.45) is 1.85. The zero-order valence-electron chi connectivity index (χ0n) is 26.8. The Hall–Kier alpha value is -3.18. The molecule has 240 valence electrons. The SMILES string of the molecule is CCCC[C@H](C)[C@@H]1CC(=O)NCC(=O)N[C@@H](C(C)C)C(=O)N[C@H](CC(C)C)C(=O)N[C@@H](C)C(=O)NC(C(C)C)C(=O)O1. The summed E-state index contributed by atoms with van der Waals surface area (Å²) < 4.78 is 5.82. The Kier molecular flexibility index (Phi) is 15.5. The number of amides is 5. The van der Waals surface area contributed by atoms with Gasteiger partial charge in [0.1, 0.15) is 30.3 Å². The van der Waals surface area contributed by atoms with Crippen LogP contribution < -0.4 is 26.6 Å². The molecule has 42 heavy (non-hydrogen) atoms. The van der Waals surface area contributed by atoms with Gasteiger partial charge in [0.05, 0.1) is 13.0 Å². The van der Waals surface area contributed by atoms with Crippen molar-refractivity contribution in [1.82, 2.24) is 26.6 Å². The molecule has 0 bridgehead atoms. The molecule has 12 heteroatoms. The number of hydrogen-bond donors (Lipinski definition) is 5. The Bertz CT molecular complexity index is 952. The molecule has 0 spiro atoms. The summed E-state index contributed by atoms with van der Waals surface area (Å²) in [5.74, 6) is -4.23. The highest BCUT2D eigenvalue weighted by atomic mass is 16.5. The van der Waals surface area contributed by atoms with Gasteiger partial charge in [0.25, 0.3) is 0 Å². The van der Waals surface area contributed by atoms with Crippen molar-refractivity contribution >= 4 is 35.5 Å². The number of unbranched alkanes of at least 4 members (excludes halogenated alkanes) is 1. The Morgan fingerprint density at radius 1 is 0.762 bits per heavy atom. The smallest absolute Gasteiger partial charge is 0.329 e. The standard InChI is InChI=1S/C30H53N5O7/c1-10-11-12-19(8)22-14-23(36)31-15-24(37)34-25(17(4)5)29(40)33-21(13-16(2)3)28(39)32-20(9)27(38)35-26(18(6)7)30(41)42-22/h16-22,25-26H,10-15H2,1-9H3,(H,31,36)(H,32,39)(H,33,40)(H,34,37)(H,35,38)/t19-,20-,21+,22-,25-,26?/m0/s1. The molecule has 6 atom stereocenters. The van der Waals surface area contributed by atoms with Gasteiger partial charge in [-0.15, -0.1) is 0 Å². The van der Waals surface area contributed by atoms with Crippen molar-refractivity contribution < 1.29 is 33.5 Å². The molecule has 1 heterocycles. The van der Waals surface area contributed by atoms with Gasteiger partial charge in [-0.25, -0.2) is 4.79 Å². The predicted molar refractivity (Wildman–Crippen MR) is 159 cm³/mol. The number of rotatable bonds is 8. The minimum atomic E-state index is -1.02. The monoisotopic (exact) mass is 595 g/mol. The van der Waals surface area contributed by atoms with Crippen molar-refractivity contribution in [2.24, 2.45) is 23.7 Å². The van der Waals surface area contributed by atoms with E-state index < -0.39 is 65.8 Å². The van der Waals surface area contributed by atoms with Crippen LogP contribution in [-0.4, -0.2) is 72.3 Å². The number of carbonyl (C=O) groups is 6. The first-order chi connectivity index (χ1) is 19.6. The molecule has 1 fully saturated rings. The molecule has 5 amide bonds. The van der Waals surface area contributed by atoms with Crippen LogP contribution in [0.4, 0.5) is 0 Å². The molecule has 12 nitrogen and oxygen atoms in total. The van der Waals surface area contributed by atoms with Crippen molar-refractivity contribution in [3.8, 4) is 0 Å². The summed E-state index contributed by atoms with van der Waals surface area (Å²) in [6.45, 7) is 15.8. The maximum absolute atomic E-state index is 13.3. The van der Waals surface area contributed by atoms with E-state index in [2.05, 4.69) is 26.6 Å². The molecular weight excluding hydrogens is 542 g/mol. The molecule has 0 radical (unpaired) electrons. The average molecular weight is 596 g/mol. The lowest BCUT2D eigenvalue weighted by Gasteiger charge is -2.29. The first-order valence-electron chi connectivity index (χ1n) is 15.2. The molecule has 0 saturated carbocycles. The van der Waals surface area contributed by atoms with Crippen LogP contribution in [0, 0.1) is 23.7 Å². The second-order valence-electron chi connectivity index (χ2n) is 12.5. The van der Waals surface area contributed by atoms with Gasteiger partial charge in [-0.05, 0) is 43.4 Å². The van der Waals surface area contributed by atoms with E-state index >= 15 is 0 Å². The Balaban J connectivity index is 3.41. The molecule has 5 N–H and O–H groups in total. The van der Waals surface area contributed by atoms with Crippen LogP contribution in [0.2, 0.25) is 0 Å². The number of cyclic esters (lactones) is 1. The van der Waals surface area contributed by atoms with Gasteiger partial charge in [0.2, 0.25) is 29.5 Å². The van der Waals surface area contributed by atoms with Crippen molar-refractivity contribution in [3.63, 3.8) is 0 Å². The second kappa shape index (κ2) is 17.7. The van der Waals surface area contributed by atoms with E-state index in [0.29, 0.717) is 12.8 Å². The number of hydrogen-bond acceptors (Lipinski definition) is 7. The first-order valence-corrected chi connectivity index (χ1v) is 15.2. The van der Waals surface area contributed by atoms with Gasteiger partial charge in [0.15, 0.2) is 0 Å². The quantitative estimate of drug-likeness (QED) is 0.265. The zero-order chi connectivity index (χ0) is 32.1. The number of carbonyl (C=O) groups excluding carboxylic acids is 6. The summed E-state index contributed by atoms with van der Waals surface area (Å²) in [7, 11) is 0. The van der Waals surface area contributed by atoms with E-state index in [1.165, 1.54) is 6.92 Å². The molecular formula is C30H53N5O7. The van der Waals surface area contributed by atoms with Crippen molar-refractivity contribution in [1.29, 1.82) is 0 Å². The van der Waals surface area contributed by atoms with Gasteiger partial charge >= 0.3 is 5.97 Å². The normalized spacial score (nSPS) is 26.7.